The van der Waals surface area contributed by atoms with E-state index in [-0.39, 0.29) is 11.4 Å². The van der Waals surface area contributed by atoms with E-state index in [0.717, 1.165) is 5.56 Å². The van der Waals surface area contributed by atoms with E-state index in [1.807, 2.05) is 13.0 Å². The molecule has 0 aliphatic carbocycles. The normalized spacial score (nSPS) is 12.4. The minimum atomic E-state index is -2.88. The second-order valence-corrected chi connectivity index (χ2v) is 8.95. The first-order valence-electron chi connectivity index (χ1n) is 8.81. The quantitative estimate of drug-likeness (QED) is 0.587. The lowest BCUT2D eigenvalue weighted by Gasteiger charge is -2.05. The number of aromatic nitrogens is 1. The predicted molar refractivity (Wildman–Crippen MR) is 112 cm³/mol. The van der Waals surface area contributed by atoms with E-state index in [9.17, 15) is 13.4 Å². The molecule has 6 heteroatoms. The summed E-state index contributed by atoms with van der Waals surface area (Å²) in [6.45, 7) is 3.55. The standard InChI is InChI=1S/C23H19FN2O2S/c1-16-5-4-6-21(11-16)29(3,28)26-23(27)20-13-19(14-25-15-20)8-7-18-9-10-22(24)17(2)12-18/h4-6,9-15H,1-3H3. The molecule has 0 aliphatic rings. The van der Waals surface area contributed by atoms with Crippen LogP contribution < -0.4 is 0 Å². The average molecular weight is 406 g/mol. The van der Waals surface area contributed by atoms with Crippen LogP contribution in [0.2, 0.25) is 0 Å². The van der Waals surface area contributed by atoms with Crippen LogP contribution in [0.25, 0.3) is 0 Å². The minimum absolute atomic E-state index is 0.203. The lowest BCUT2D eigenvalue weighted by Crippen LogP contribution is -2.04. The van der Waals surface area contributed by atoms with E-state index in [0.29, 0.717) is 21.6 Å². The van der Waals surface area contributed by atoms with Crippen LogP contribution >= 0.6 is 0 Å². The number of nitrogens with zero attached hydrogens (tertiary/aromatic N) is 2. The van der Waals surface area contributed by atoms with Gasteiger partial charge in [-0.15, -0.1) is 0 Å². The first-order valence-corrected chi connectivity index (χ1v) is 10.7. The predicted octanol–water partition coefficient (Wildman–Crippen LogP) is 4.53. The van der Waals surface area contributed by atoms with Gasteiger partial charge in [-0.1, -0.05) is 24.0 Å². The zero-order valence-electron chi connectivity index (χ0n) is 16.3. The Balaban J connectivity index is 1.89. The molecule has 1 atom stereocenters. The summed E-state index contributed by atoms with van der Waals surface area (Å²) in [6.07, 6.45) is 4.32. The number of amides is 1. The van der Waals surface area contributed by atoms with Gasteiger partial charge in [-0.3, -0.25) is 9.78 Å². The van der Waals surface area contributed by atoms with Gasteiger partial charge in [-0.2, -0.15) is 4.36 Å². The van der Waals surface area contributed by atoms with Crippen molar-refractivity contribution in [3.05, 3.63) is 94.6 Å². The molecule has 0 saturated carbocycles. The highest BCUT2D eigenvalue weighted by atomic mass is 32.2. The molecule has 0 fully saturated rings. The summed E-state index contributed by atoms with van der Waals surface area (Å²) < 4.78 is 30.2. The van der Waals surface area contributed by atoms with Gasteiger partial charge in [-0.25, -0.2) is 8.60 Å². The highest BCUT2D eigenvalue weighted by molar-refractivity contribution is 7.93. The van der Waals surface area contributed by atoms with Crippen LogP contribution in [0.15, 0.2) is 70.2 Å². The third-order valence-corrected chi connectivity index (χ3v) is 5.82. The van der Waals surface area contributed by atoms with Crippen LogP contribution in [0, 0.1) is 31.5 Å². The van der Waals surface area contributed by atoms with Crippen LogP contribution in [-0.4, -0.2) is 21.4 Å². The molecule has 3 aromatic rings. The number of hydrogen-bond donors (Lipinski definition) is 0. The summed E-state index contributed by atoms with van der Waals surface area (Å²) >= 11 is 0. The molecular weight excluding hydrogens is 387 g/mol. The van der Waals surface area contributed by atoms with Crippen LogP contribution in [-0.2, 0) is 9.73 Å². The highest BCUT2D eigenvalue weighted by Gasteiger charge is 2.12. The van der Waals surface area contributed by atoms with E-state index in [1.165, 1.54) is 24.7 Å². The molecule has 146 valence electrons. The van der Waals surface area contributed by atoms with Crippen molar-refractivity contribution in [2.24, 2.45) is 4.36 Å². The monoisotopic (exact) mass is 406 g/mol. The van der Waals surface area contributed by atoms with Gasteiger partial charge < -0.3 is 0 Å². The Morgan fingerprint density at radius 1 is 1.03 bits per heavy atom. The molecular formula is C23H19FN2O2S. The summed E-state index contributed by atoms with van der Waals surface area (Å²) in [5.74, 6) is 4.92. The Morgan fingerprint density at radius 3 is 2.52 bits per heavy atom. The SMILES string of the molecule is Cc1cccc(S(C)(=O)=NC(=O)c2cncc(C#Cc3ccc(F)c(C)c3)c2)c1. The number of halogens is 1. The molecule has 2 aromatic carbocycles. The van der Waals surface area contributed by atoms with Gasteiger partial charge in [0, 0.05) is 34.7 Å². The summed E-state index contributed by atoms with van der Waals surface area (Å²) in [7, 11) is -2.88. The van der Waals surface area contributed by atoms with E-state index in [1.54, 1.807) is 43.3 Å². The Kier molecular flexibility index (Phi) is 5.90. The Hall–Kier alpha value is -3.30. The molecule has 0 N–H and O–H groups in total. The molecule has 1 aromatic heterocycles. The van der Waals surface area contributed by atoms with Gasteiger partial charge in [0.2, 0.25) is 0 Å². The van der Waals surface area contributed by atoms with Crippen molar-refractivity contribution in [1.82, 2.24) is 4.98 Å². The Morgan fingerprint density at radius 2 is 1.79 bits per heavy atom. The van der Waals surface area contributed by atoms with Crippen LogP contribution in [0.5, 0.6) is 0 Å². The number of pyridine rings is 1. The van der Waals surface area contributed by atoms with Crippen molar-refractivity contribution < 1.29 is 13.4 Å². The molecule has 0 bridgehead atoms. The lowest BCUT2D eigenvalue weighted by molar-refractivity contribution is 0.100. The van der Waals surface area contributed by atoms with Gasteiger partial charge in [0.1, 0.15) is 5.82 Å². The van der Waals surface area contributed by atoms with Crippen LogP contribution in [0.4, 0.5) is 4.39 Å². The zero-order valence-corrected chi connectivity index (χ0v) is 17.1. The van der Waals surface area contributed by atoms with E-state index >= 15 is 0 Å². The summed E-state index contributed by atoms with van der Waals surface area (Å²) in [5.41, 5.74) is 2.81. The summed E-state index contributed by atoms with van der Waals surface area (Å²) in [5, 5.41) is 0. The molecule has 1 heterocycles. The lowest BCUT2D eigenvalue weighted by atomic mass is 10.1. The van der Waals surface area contributed by atoms with Gasteiger partial charge in [0.25, 0.3) is 5.91 Å². The number of aryl methyl sites for hydroxylation is 2. The maximum atomic E-state index is 13.4. The average Bonchev–Trinajstić information content (AvgIpc) is 2.69. The number of carbonyl (C=O) groups is 1. The van der Waals surface area contributed by atoms with Crippen molar-refractivity contribution in [3.63, 3.8) is 0 Å². The fourth-order valence-electron chi connectivity index (χ4n) is 2.61. The smallest absolute Gasteiger partial charge is 0.266 e. The fourth-order valence-corrected chi connectivity index (χ4v) is 3.87. The first-order chi connectivity index (χ1) is 13.7. The number of carbonyl (C=O) groups excluding carboxylic acids is 1. The largest absolute Gasteiger partial charge is 0.286 e. The van der Waals surface area contributed by atoms with Crippen molar-refractivity contribution in [3.8, 4) is 11.8 Å². The Bertz CT molecular complexity index is 1280. The molecule has 1 unspecified atom stereocenters. The van der Waals surface area contributed by atoms with Crippen molar-refractivity contribution in [2.45, 2.75) is 18.7 Å². The fraction of sp³-hybridized carbons (Fsp3) is 0.130. The maximum Gasteiger partial charge on any atom is 0.286 e. The molecule has 1 amide bonds. The molecule has 0 saturated heterocycles. The molecule has 0 radical (unpaired) electrons. The number of rotatable bonds is 2. The van der Waals surface area contributed by atoms with Crippen LogP contribution in [0.3, 0.4) is 0 Å². The van der Waals surface area contributed by atoms with Gasteiger partial charge >= 0.3 is 0 Å². The molecule has 4 nitrogen and oxygen atoms in total. The molecule has 3 rings (SSSR count). The highest BCUT2D eigenvalue weighted by Crippen LogP contribution is 2.15. The van der Waals surface area contributed by atoms with Crippen molar-refractivity contribution in [2.75, 3.05) is 6.26 Å². The number of hydrogen-bond acceptors (Lipinski definition) is 3. The third kappa shape index (κ3) is 5.15. The molecule has 29 heavy (non-hydrogen) atoms. The van der Waals surface area contributed by atoms with Gasteiger partial charge in [0.05, 0.1) is 15.3 Å². The van der Waals surface area contributed by atoms with Gasteiger partial charge in [0.15, 0.2) is 0 Å². The second-order valence-electron chi connectivity index (χ2n) is 6.69. The second kappa shape index (κ2) is 8.38. The van der Waals surface area contributed by atoms with Crippen LogP contribution in [0.1, 0.15) is 32.6 Å². The maximum absolute atomic E-state index is 13.4. The molecule has 0 spiro atoms. The van der Waals surface area contributed by atoms with E-state index in [2.05, 4.69) is 21.2 Å². The van der Waals surface area contributed by atoms with E-state index in [4.69, 9.17) is 0 Å². The third-order valence-electron chi connectivity index (χ3n) is 4.18. The topological polar surface area (TPSA) is 59.4 Å². The number of benzene rings is 2. The first kappa shape index (κ1) is 20.4. The minimum Gasteiger partial charge on any atom is -0.266 e. The molecule has 0 aliphatic heterocycles. The summed E-state index contributed by atoms with van der Waals surface area (Å²) in [4.78, 5) is 17.1. The summed E-state index contributed by atoms with van der Waals surface area (Å²) in [6, 6.07) is 13.3. The van der Waals surface area contributed by atoms with Gasteiger partial charge in [-0.05, 0) is 61.4 Å². The van der Waals surface area contributed by atoms with Crippen molar-refractivity contribution in [1.29, 1.82) is 0 Å². The Labute approximate surface area is 170 Å². The van der Waals surface area contributed by atoms with E-state index < -0.39 is 15.6 Å². The zero-order chi connectivity index (χ0) is 21.0. The van der Waals surface area contributed by atoms with Crippen molar-refractivity contribution >= 4 is 15.6 Å².